The molecule has 0 rings (SSSR count). The zero-order valence-electron chi connectivity index (χ0n) is 8.12. The monoisotopic (exact) mass is 206 g/mol. The van der Waals surface area contributed by atoms with E-state index in [4.69, 9.17) is 10.8 Å². The molecule has 0 aliphatic rings. The highest BCUT2D eigenvalue weighted by atomic mass is 32.2. The van der Waals surface area contributed by atoms with Crippen LogP contribution in [0.25, 0.3) is 0 Å². The molecular weight excluding hydrogens is 188 g/mol. The average molecular weight is 206 g/mol. The number of rotatable bonds is 6. The van der Waals surface area contributed by atoms with Crippen LogP contribution >= 0.6 is 11.8 Å². The number of aliphatic hydroxyl groups excluding tert-OH is 1. The Morgan fingerprint density at radius 3 is 2.77 bits per heavy atom. The molecule has 0 saturated carbocycles. The van der Waals surface area contributed by atoms with E-state index in [1.165, 1.54) is 0 Å². The lowest BCUT2D eigenvalue weighted by Gasteiger charge is -2.15. The smallest absolute Gasteiger partial charge is 0.237 e. The zero-order valence-corrected chi connectivity index (χ0v) is 8.93. The number of nitrogens with two attached hydrogens (primary N) is 1. The van der Waals surface area contributed by atoms with Crippen molar-refractivity contribution >= 4 is 17.7 Å². The van der Waals surface area contributed by atoms with Crippen molar-refractivity contribution < 1.29 is 9.90 Å². The summed E-state index contributed by atoms with van der Waals surface area (Å²) in [6, 6.07) is -0.672. The number of amides is 1. The maximum Gasteiger partial charge on any atom is 0.237 e. The third-order valence-corrected chi connectivity index (χ3v) is 2.28. The summed E-state index contributed by atoms with van der Waals surface area (Å²) in [5, 5.41) is 11.3. The third kappa shape index (κ3) is 5.90. The molecule has 0 saturated heterocycles. The molecule has 1 amide bonds. The van der Waals surface area contributed by atoms with Crippen molar-refractivity contribution in [3.8, 4) is 0 Å². The Kier molecular flexibility index (Phi) is 7.03. The molecule has 4 nitrogen and oxygen atoms in total. The van der Waals surface area contributed by atoms with Crippen LogP contribution in [0.5, 0.6) is 0 Å². The topological polar surface area (TPSA) is 75.4 Å². The average Bonchev–Trinajstić information content (AvgIpc) is 2.13. The molecule has 0 radical (unpaired) electrons. The first kappa shape index (κ1) is 12.7. The van der Waals surface area contributed by atoms with Crippen LogP contribution in [0.2, 0.25) is 0 Å². The summed E-state index contributed by atoms with van der Waals surface area (Å²) in [4.78, 5) is 11.3. The first-order valence-electron chi connectivity index (χ1n) is 4.27. The number of hydrogen-bond donors (Lipinski definition) is 3. The van der Waals surface area contributed by atoms with Crippen LogP contribution in [0.3, 0.4) is 0 Å². The molecule has 0 aliphatic heterocycles. The molecule has 2 atom stereocenters. The summed E-state index contributed by atoms with van der Waals surface area (Å²) in [6.07, 6.45) is 2.64. The first-order valence-corrected chi connectivity index (χ1v) is 5.67. The second-order valence-electron chi connectivity index (χ2n) is 2.98. The lowest BCUT2D eigenvalue weighted by molar-refractivity contribution is -0.123. The Balaban J connectivity index is 3.68. The van der Waals surface area contributed by atoms with Gasteiger partial charge in [-0.25, -0.2) is 0 Å². The van der Waals surface area contributed by atoms with Gasteiger partial charge in [0, 0.05) is 6.04 Å². The number of hydrogen-bond acceptors (Lipinski definition) is 4. The van der Waals surface area contributed by atoms with Crippen molar-refractivity contribution in [2.45, 2.75) is 25.4 Å². The van der Waals surface area contributed by atoms with Crippen LogP contribution in [0.15, 0.2) is 0 Å². The van der Waals surface area contributed by atoms with E-state index in [1.54, 1.807) is 18.7 Å². The van der Waals surface area contributed by atoms with E-state index in [1.807, 2.05) is 6.26 Å². The van der Waals surface area contributed by atoms with E-state index in [0.29, 0.717) is 6.42 Å². The second-order valence-corrected chi connectivity index (χ2v) is 3.97. The van der Waals surface area contributed by atoms with Gasteiger partial charge in [0.15, 0.2) is 0 Å². The van der Waals surface area contributed by atoms with Gasteiger partial charge in [0.05, 0.1) is 12.6 Å². The largest absolute Gasteiger partial charge is 0.394 e. The van der Waals surface area contributed by atoms with Crippen molar-refractivity contribution in [1.29, 1.82) is 0 Å². The molecule has 0 bridgehead atoms. The highest BCUT2D eigenvalue weighted by Crippen LogP contribution is 1.98. The van der Waals surface area contributed by atoms with Crippen molar-refractivity contribution in [2.75, 3.05) is 18.6 Å². The van der Waals surface area contributed by atoms with E-state index >= 15 is 0 Å². The van der Waals surface area contributed by atoms with Crippen molar-refractivity contribution in [3.63, 3.8) is 0 Å². The predicted octanol–water partition coefficient (Wildman–Crippen LogP) is -0.436. The third-order valence-electron chi connectivity index (χ3n) is 1.63. The van der Waals surface area contributed by atoms with Gasteiger partial charge in [-0.3, -0.25) is 4.79 Å². The van der Waals surface area contributed by atoms with Crippen LogP contribution < -0.4 is 11.1 Å². The summed E-state index contributed by atoms with van der Waals surface area (Å²) in [6.45, 7) is 1.68. The molecule has 0 fully saturated rings. The fourth-order valence-electron chi connectivity index (χ4n) is 0.771. The summed E-state index contributed by atoms with van der Waals surface area (Å²) < 4.78 is 0. The van der Waals surface area contributed by atoms with Crippen molar-refractivity contribution in [1.82, 2.24) is 5.32 Å². The molecule has 0 aromatic carbocycles. The van der Waals surface area contributed by atoms with Crippen molar-refractivity contribution in [3.05, 3.63) is 0 Å². The standard InChI is InChI=1S/C8H18N2O2S/c1-6(5-11)10-8(12)7(9)3-4-13-2/h6-7,11H,3-5,9H2,1-2H3,(H,10,12)/t6-,7+/m1/s1. The SMILES string of the molecule is CSCC[C@H](N)C(=O)N[C@H](C)CO. The minimum absolute atomic E-state index is 0.0546. The number of aliphatic hydroxyl groups is 1. The van der Waals surface area contributed by atoms with Crippen LogP contribution in [-0.4, -0.2) is 41.7 Å². The maximum absolute atomic E-state index is 11.3. The molecule has 0 unspecified atom stereocenters. The fraction of sp³-hybridized carbons (Fsp3) is 0.875. The van der Waals surface area contributed by atoms with Gasteiger partial charge in [-0.15, -0.1) is 0 Å². The minimum atomic E-state index is -0.457. The number of thioether (sulfide) groups is 1. The molecule has 0 aromatic rings. The van der Waals surface area contributed by atoms with E-state index in [2.05, 4.69) is 5.32 Å². The molecule has 0 heterocycles. The molecule has 5 heteroatoms. The lowest BCUT2D eigenvalue weighted by Crippen LogP contribution is -2.45. The van der Waals surface area contributed by atoms with E-state index in [-0.39, 0.29) is 18.6 Å². The molecule has 0 spiro atoms. The molecule has 0 aromatic heterocycles. The second kappa shape index (κ2) is 7.17. The quantitative estimate of drug-likeness (QED) is 0.551. The Labute approximate surface area is 83.3 Å². The van der Waals surface area contributed by atoms with E-state index in [0.717, 1.165) is 5.75 Å². The number of carbonyl (C=O) groups excluding carboxylic acids is 1. The van der Waals surface area contributed by atoms with E-state index < -0.39 is 6.04 Å². The van der Waals surface area contributed by atoms with Gasteiger partial charge in [0.2, 0.25) is 5.91 Å². The van der Waals surface area contributed by atoms with Gasteiger partial charge >= 0.3 is 0 Å². The number of nitrogens with one attached hydrogen (secondary N) is 1. The minimum Gasteiger partial charge on any atom is -0.394 e. The highest BCUT2D eigenvalue weighted by molar-refractivity contribution is 7.98. The van der Waals surface area contributed by atoms with Gasteiger partial charge in [0.1, 0.15) is 0 Å². The molecule has 0 aliphatic carbocycles. The van der Waals surface area contributed by atoms with Gasteiger partial charge in [-0.1, -0.05) is 0 Å². The Bertz CT molecular complexity index is 155. The molecule has 78 valence electrons. The van der Waals surface area contributed by atoms with E-state index in [9.17, 15) is 4.79 Å². The van der Waals surface area contributed by atoms with Crippen LogP contribution in [0.1, 0.15) is 13.3 Å². The zero-order chi connectivity index (χ0) is 10.3. The van der Waals surface area contributed by atoms with Crippen LogP contribution in [0, 0.1) is 0 Å². The first-order chi connectivity index (χ1) is 6.11. The molecule has 4 N–H and O–H groups in total. The Morgan fingerprint density at radius 2 is 2.31 bits per heavy atom. The maximum atomic E-state index is 11.3. The fourth-order valence-corrected chi connectivity index (χ4v) is 1.26. The summed E-state index contributed by atoms with van der Waals surface area (Å²) in [7, 11) is 0. The summed E-state index contributed by atoms with van der Waals surface area (Å²) in [5.41, 5.74) is 5.60. The van der Waals surface area contributed by atoms with Crippen LogP contribution in [-0.2, 0) is 4.79 Å². The Morgan fingerprint density at radius 1 is 1.69 bits per heavy atom. The summed E-state index contributed by atoms with van der Waals surface area (Å²) in [5.74, 6) is 0.692. The van der Waals surface area contributed by atoms with Gasteiger partial charge in [-0.05, 0) is 25.4 Å². The van der Waals surface area contributed by atoms with Gasteiger partial charge in [0.25, 0.3) is 0 Å². The normalized spacial score (nSPS) is 15.1. The molecule has 13 heavy (non-hydrogen) atoms. The Hall–Kier alpha value is -0.260. The summed E-state index contributed by atoms with van der Waals surface area (Å²) >= 11 is 1.66. The van der Waals surface area contributed by atoms with Crippen LogP contribution in [0.4, 0.5) is 0 Å². The highest BCUT2D eigenvalue weighted by Gasteiger charge is 2.14. The van der Waals surface area contributed by atoms with Gasteiger partial charge in [-0.2, -0.15) is 11.8 Å². The lowest BCUT2D eigenvalue weighted by atomic mass is 10.2. The number of carbonyl (C=O) groups is 1. The molecular formula is C8H18N2O2S. The van der Waals surface area contributed by atoms with Crippen molar-refractivity contribution in [2.24, 2.45) is 5.73 Å². The van der Waals surface area contributed by atoms with Gasteiger partial charge < -0.3 is 16.2 Å². The predicted molar refractivity (Wildman–Crippen MR) is 55.7 cm³/mol.